The first-order valence-electron chi connectivity index (χ1n) is 6.34. The number of rotatable bonds is 1. The van der Waals surface area contributed by atoms with Crippen LogP contribution in [0.5, 0.6) is 5.75 Å². The normalized spacial score (nSPS) is 31.6. The van der Waals surface area contributed by atoms with Gasteiger partial charge >= 0.3 is 0 Å². The van der Waals surface area contributed by atoms with E-state index in [4.69, 9.17) is 0 Å². The van der Waals surface area contributed by atoms with E-state index in [0.29, 0.717) is 6.42 Å². The van der Waals surface area contributed by atoms with Crippen LogP contribution in [0.15, 0.2) is 36.4 Å². The van der Waals surface area contributed by atoms with E-state index in [1.807, 2.05) is 12.1 Å². The molecule has 1 N–H and O–H groups in total. The van der Waals surface area contributed by atoms with Gasteiger partial charge in [-0.05, 0) is 43.8 Å². The zero-order valence-electron chi connectivity index (χ0n) is 10.5. The maximum absolute atomic E-state index is 11.6. The Bertz CT molecular complexity index is 506. The number of hydrogen-bond donors (Lipinski definition) is 1. The van der Waals surface area contributed by atoms with Crippen LogP contribution >= 0.6 is 0 Å². The van der Waals surface area contributed by atoms with Crippen LogP contribution in [0.25, 0.3) is 0 Å². The van der Waals surface area contributed by atoms with Gasteiger partial charge in [-0.25, -0.2) is 0 Å². The molecule has 3 heteroatoms. The second-order valence-corrected chi connectivity index (χ2v) is 5.34. The molecule has 1 fully saturated rings. The summed E-state index contributed by atoms with van der Waals surface area (Å²) in [5, 5.41) is 9.40. The second kappa shape index (κ2) is 3.95. The minimum Gasteiger partial charge on any atom is -0.508 e. The van der Waals surface area contributed by atoms with Gasteiger partial charge in [0.15, 0.2) is 5.78 Å². The summed E-state index contributed by atoms with van der Waals surface area (Å²) in [7, 11) is 2.08. The van der Waals surface area contributed by atoms with Gasteiger partial charge in [-0.2, -0.15) is 0 Å². The highest BCUT2D eigenvalue weighted by atomic mass is 16.3. The molecule has 18 heavy (non-hydrogen) atoms. The molecule has 94 valence electrons. The number of phenolic OH excluding ortho intramolecular Hbond substituents is 1. The zero-order chi connectivity index (χ0) is 12.8. The van der Waals surface area contributed by atoms with Crippen LogP contribution in [-0.4, -0.2) is 35.4 Å². The lowest BCUT2D eigenvalue weighted by atomic mass is 9.70. The van der Waals surface area contributed by atoms with Crippen molar-refractivity contribution in [1.82, 2.24) is 4.90 Å². The highest BCUT2D eigenvalue weighted by molar-refractivity contribution is 5.92. The van der Waals surface area contributed by atoms with Crippen molar-refractivity contribution in [3.05, 3.63) is 42.0 Å². The predicted octanol–water partition coefficient (Wildman–Crippen LogP) is 1.86. The predicted molar refractivity (Wildman–Crippen MR) is 69.6 cm³/mol. The first-order chi connectivity index (χ1) is 8.62. The third-order valence-electron chi connectivity index (χ3n) is 4.37. The molecule has 2 aliphatic rings. The van der Waals surface area contributed by atoms with E-state index >= 15 is 0 Å². The molecule has 2 atom stereocenters. The van der Waals surface area contributed by atoms with Gasteiger partial charge in [0, 0.05) is 17.9 Å². The molecule has 0 spiro atoms. The van der Waals surface area contributed by atoms with E-state index in [1.54, 1.807) is 18.2 Å². The topological polar surface area (TPSA) is 40.5 Å². The number of benzene rings is 1. The molecule has 3 nitrogen and oxygen atoms in total. The molecular weight excluding hydrogens is 226 g/mol. The number of phenols is 1. The zero-order valence-corrected chi connectivity index (χ0v) is 10.5. The van der Waals surface area contributed by atoms with Crippen molar-refractivity contribution in [1.29, 1.82) is 0 Å². The van der Waals surface area contributed by atoms with E-state index < -0.39 is 0 Å². The molecule has 0 amide bonds. The molecule has 1 aliphatic carbocycles. The molecule has 0 bridgehead atoms. The van der Waals surface area contributed by atoms with E-state index in [1.165, 1.54) is 5.56 Å². The highest BCUT2D eigenvalue weighted by Crippen LogP contribution is 2.44. The lowest BCUT2D eigenvalue weighted by Crippen LogP contribution is -2.43. The Morgan fingerprint density at radius 3 is 2.78 bits per heavy atom. The monoisotopic (exact) mass is 243 g/mol. The van der Waals surface area contributed by atoms with Crippen molar-refractivity contribution in [2.24, 2.45) is 0 Å². The van der Waals surface area contributed by atoms with E-state index in [-0.39, 0.29) is 23.0 Å². The summed E-state index contributed by atoms with van der Waals surface area (Å²) >= 11 is 0. The minimum absolute atomic E-state index is 0.0592. The van der Waals surface area contributed by atoms with Crippen molar-refractivity contribution in [2.45, 2.75) is 24.3 Å². The number of likely N-dealkylation sites (tertiary alicyclic amines) is 1. The summed E-state index contributed by atoms with van der Waals surface area (Å²) in [6.07, 6.45) is 5.42. The largest absolute Gasteiger partial charge is 0.508 e. The van der Waals surface area contributed by atoms with Crippen LogP contribution in [0.1, 0.15) is 18.4 Å². The molecule has 1 aromatic rings. The van der Waals surface area contributed by atoms with Crippen molar-refractivity contribution in [3.63, 3.8) is 0 Å². The number of hydrogen-bond acceptors (Lipinski definition) is 3. The Balaban J connectivity index is 2.08. The van der Waals surface area contributed by atoms with Crippen LogP contribution in [0.2, 0.25) is 0 Å². The van der Waals surface area contributed by atoms with Crippen LogP contribution in [0.3, 0.4) is 0 Å². The number of fused-ring (bicyclic) bond motifs is 1. The summed E-state index contributed by atoms with van der Waals surface area (Å²) < 4.78 is 0. The van der Waals surface area contributed by atoms with E-state index in [2.05, 4.69) is 18.0 Å². The van der Waals surface area contributed by atoms with Gasteiger partial charge in [0.2, 0.25) is 0 Å². The average molecular weight is 243 g/mol. The lowest BCUT2D eigenvalue weighted by Gasteiger charge is -2.37. The Morgan fingerprint density at radius 1 is 1.33 bits per heavy atom. The number of nitrogens with zero attached hydrogens (tertiary/aromatic N) is 1. The molecule has 0 unspecified atom stereocenters. The number of allylic oxidation sites excluding steroid dienone is 1. The van der Waals surface area contributed by atoms with E-state index in [0.717, 1.165) is 13.0 Å². The number of aromatic hydroxyl groups is 1. The average Bonchev–Trinajstić information content (AvgIpc) is 2.69. The molecule has 1 saturated heterocycles. The van der Waals surface area contributed by atoms with Crippen LogP contribution in [-0.2, 0) is 10.2 Å². The van der Waals surface area contributed by atoms with Crippen molar-refractivity contribution < 1.29 is 9.90 Å². The second-order valence-electron chi connectivity index (χ2n) is 5.34. The molecule has 3 rings (SSSR count). The molecule has 1 aliphatic heterocycles. The summed E-state index contributed by atoms with van der Waals surface area (Å²) in [6, 6.07) is 7.65. The Labute approximate surface area is 107 Å². The Hall–Kier alpha value is -1.61. The minimum atomic E-state index is -0.0592. The molecule has 0 aromatic heterocycles. The van der Waals surface area contributed by atoms with Gasteiger partial charge in [-0.1, -0.05) is 18.2 Å². The number of likely N-dealkylation sites (N-methyl/N-ethyl adjacent to an activating group) is 1. The van der Waals surface area contributed by atoms with Crippen LogP contribution in [0.4, 0.5) is 0 Å². The van der Waals surface area contributed by atoms with Gasteiger partial charge in [0.05, 0.1) is 0 Å². The summed E-state index contributed by atoms with van der Waals surface area (Å²) in [6.45, 7) is 1.00. The SMILES string of the molecule is CN1CC[C@]2(c3ccc(O)cc3)C=CC(=O)C[C@H]12. The molecule has 0 radical (unpaired) electrons. The van der Waals surface area contributed by atoms with Gasteiger partial charge < -0.3 is 10.0 Å². The van der Waals surface area contributed by atoms with Gasteiger partial charge in [-0.15, -0.1) is 0 Å². The first-order valence-corrected chi connectivity index (χ1v) is 6.34. The lowest BCUT2D eigenvalue weighted by molar-refractivity contribution is -0.116. The molecule has 0 saturated carbocycles. The quantitative estimate of drug-likeness (QED) is 0.818. The summed E-state index contributed by atoms with van der Waals surface area (Å²) in [5.41, 5.74) is 1.13. The van der Waals surface area contributed by atoms with Crippen molar-refractivity contribution in [2.75, 3.05) is 13.6 Å². The van der Waals surface area contributed by atoms with Crippen molar-refractivity contribution >= 4 is 5.78 Å². The number of carbonyl (C=O) groups is 1. The fourth-order valence-corrected chi connectivity index (χ4v) is 3.31. The Morgan fingerprint density at radius 2 is 2.06 bits per heavy atom. The van der Waals surface area contributed by atoms with Crippen molar-refractivity contribution in [3.8, 4) is 5.75 Å². The fraction of sp³-hybridized carbons (Fsp3) is 0.400. The number of ketones is 1. The summed E-state index contributed by atoms with van der Waals surface area (Å²) in [5.74, 6) is 0.497. The standard InChI is InChI=1S/C15H17NO2/c1-16-9-8-15(7-6-13(18)10-14(15)16)11-2-4-12(17)5-3-11/h2-7,14,17H,8-10H2,1H3/t14-,15-/m0/s1. The first kappa shape index (κ1) is 11.5. The highest BCUT2D eigenvalue weighted by Gasteiger charge is 2.47. The third-order valence-corrected chi connectivity index (χ3v) is 4.37. The Kier molecular flexibility index (Phi) is 2.52. The molecular formula is C15H17NO2. The maximum Gasteiger partial charge on any atom is 0.157 e. The van der Waals surface area contributed by atoms with Gasteiger partial charge in [0.1, 0.15) is 5.75 Å². The number of carbonyl (C=O) groups excluding carboxylic acids is 1. The molecule has 1 heterocycles. The van der Waals surface area contributed by atoms with Gasteiger partial charge in [-0.3, -0.25) is 4.79 Å². The van der Waals surface area contributed by atoms with Crippen LogP contribution in [0, 0.1) is 0 Å². The summed E-state index contributed by atoms with van der Waals surface area (Å²) in [4.78, 5) is 13.9. The fourth-order valence-electron chi connectivity index (χ4n) is 3.31. The third kappa shape index (κ3) is 1.58. The smallest absolute Gasteiger partial charge is 0.157 e. The molecule has 1 aromatic carbocycles. The van der Waals surface area contributed by atoms with E-state index in [9.17, 15) is 9.90 Å². The maximum atomic E-state index is 11.6. The van der Waals surface area contributed by atoms with Crippen LogP contribution < -0.4 is 0 Å². The van der Waals surface area contributed by atoms with Gasteiger partial charge in [0.25, 0.3) is 0 Å².